The van der Waals surface area contributed by atoms with E-state index in [0.717, 1.165) is 0 Å². The van der Waals surface area contributed by atoms with Crippen molar-refractivity contribution in [1.82, 2.24) is 0 Å². The summed E-state index contributed by atoms with van der Waals surface area (Å²) in [6, 6.07) is 0.442. The van der Waals surface area contributed by atoms with E-state index in [9.17, 15) is 55.0 Å². The highest BCUT2D eigenvalue weighted by Crippen LogP contribution is 2.38. The number of hydrogen-bond acceptors (Lipinski definition) is 6. The van der Waals surface area contributed by atoms with E-state index in [1.807, 2.05) is 0 Å². The summed E-state index contributed by atoms with van der Waals surface area (Å²) in [5.74, 6) is 0. The van der Waals surface area contributed by atoms with Gasteiger partial charge in [0.25, 0.3) is 11.4 Å². The number of rotatable bonds is 4. The van der Waals surface area contributed by atoms with Crippen LogP contribution < -0.4 is 0 Å². The van der Waals surface area contributed by atoms with Gasteiger partial charge in [0, 0.05) is 24.3 Å². The molecule has 0 bridgehead atoms. The number of sulfone groups is 1. The first-order valence-electron chi connectivity index (χ1n) is 7.02. The largest absolute Gasteiger partial charge is 0.416 e. The van der Waals surface area contributed by atoms with Crippen LogP contribution >= 0.6 is 0 Å². The number of nitro benzene ring substituents is 2. The molecule has 0 unspecified atom stereocenters. The molecule has 15 heteroatoms. The fraction of sp³-hybridized carbons (Fsp3) is 0.143. The van der Waals surface area contributed by atoms with Gasteiger partial charge in [-0.25, -0.2) is 8.42 Å². The zero-order valence-corrected chi connectivity index (χ0v) is 14.3. The molecule has 0 amide bonds. The molecule has 0 aliphatic rings. The Morgan fingerprint density at radius 2 is 0.966 bits per heavy atom. The van der Waals surface area contributed by atoms with Crippen molar-refractivity contribution >= 4 is 21.2 Å². The molecule has 0 radical (unpaired) electrons. The Morgan fingerprint density at radius 1 is 0.655 bits per heavy atom. The molecule has 0 saturated carbocycles. The lowest BCUT2D eigenvalue weighted by atomic mass is 10.2. The van der Waals surface area contributed by atoms with E-state index in [-0.39, 0.29) is 36.4 Å². The quantitative estimate of drug-likeness (QED) is 0.392. The highest BCUT2D eigenvalue weighted by Gasteiger charge is 2.37. The van der Waals surface area contributed by atoms with Gasteiger partial charge in [-0.15, -0.1) is 0 Å². The third-order valence-corrected chi connectivity index (χ3v) is 5.19. The van der Waals surface area contributed by atoms with Crippen LogP contribution in [0.25, 0.3) is 0 Å². The second kappa shape index (κ2) is 6.98. The van der Waals surface area contributed by atoms with Crippen LogP contribution in [0.2, 0.25) is 0 Å². The second-order valence-electron chi connectivity index (χ2n) is 5.44. The molecule has 0 heterocycles. The van der Waals surface area contributed by atoms with Gasteiger partial charge in [-0.3, -0.25) is 20.2 Å². The second-order valence-corrected chi connectivity index (χ2v) is 7.39. The Kier molecular flexibility index (Phi) is 5.31. The number of non-ortho nitro benzene ring substituents is 2. The number of hydrogen-bond donors (Lipinski definition) is 0. The van der Waals surface area contributed by atoms with Gasteiger partial charge in [0.1, 0.15) is 0 Å². The summed E-state index contributed by atoms with van der Waals surface area (Å²) in [5, 5.41) is 21.7. The maximum Gasteiger partial charge on any atom is 0.416 e. The first kappa shape index (κ1) is 22.1. The minimum atomic E-state index is -5.23. The van der Waals surface area contributed by atoms with Gasteiger partial charge >= 0.3 is 12.4 Å². The Balaban J connectivity index is 2.82. The Bertz CT molecular complexity index is 1030. The predicted octanol–water partition coefficient (Wildman–Crippen LogP) is 4.37. The summed E-state index contributed by atoms with van der Waals surface area (Å²) >= 11 is 0. The number of nitro groups is 2. The highest BCUT2D eigenvalue weighted by molar-refractivity contribution is 7.91. The summed E-state index contributed by atoms with van der Waals surface area (Å²) in [7, 11) is -5.23. The topological polar surface area (TPSA) is 120 Å². The van der Waals surface area contributed by atoms with E-state index in [1.165, 1.54) is 0 Å². The van der Waals surface area contributed by atoms with Crippen LogP contribution in [0, 0.1) is 20.2 Å². The van der Waals surface area contributed by atoms with Crippen molar-refractivity contribution in [3.8, 4) is 0 Å². The van der Waals surface area contributed by atoms with Crippen LogP contribution in [0.5, 0.6) is 0 Å². The van der Waals surface area contributed by atoms with Crippen LogP contribution in [-0.4, -0.2) is 18.3 Å². The highest BCUT2D eigenvalue weighted by atomic mass is 32.2. The predicted molar refractivity (Wildman–Crippen MR) is 81.6 cm³/mol. The third kappa shape index (κ3) is 4.61. The Labute approximate surface area is 156 Å². The average Bonchev–Trinajstić information content (AvgIpc) is 2.59. The fourth-order valence-electron chi connectivity index (χ4n) is 2.15. The Hall–Kier alpha value is -3.23. The van der Waals surface area contributed by atoms with E-state index in [1.54, 1.807) is 0 Å². The molecule has 2 rings (SSSR count). The number of benzene rings is 2. The van der Waals surface area contributed by atoms with Gasteiger partial charge in [-0.2, -0.15) is 26.3 Å². The van der Waals surface area contributed by atoms with Crippen LogP contribution in [0.3, 0.4) is 0 Å². The normalized spacial score (nSPS) is 12.6. The summed E-state index contributed by atoms with van der Waals surface area (Å²) in [5.41, 5.74) is -6.07. The molecule has 2 aromatic carbocycles. The monoisotopic (exact) mass is 444 g/mol. The SMILES string of the molecule is O=[N+]([O-])c1cc(C(F)(F)F)cc(S(=O)(=O)c2cc([N+](=O)[O-])cc(C(F)(F)F)c2)c1. The van der Waals surface area contributed by atoms with Gasteiger partial charge in [-0.05, 0) is 12.1 Å². The molecule has 0 atom stereocenters. The molecule has 29 heavy (non-hydrogen) atoms. The zero-order valence-electron chi connectivity index (χ0n) is 13.5. The first-order chi connectivity index (χ1) is 13.0. The molecular weight excluding hydrogens is 438 g/mol. The van der Waals surface area contributed by atoms with E-state index in [2.05, 4.69) is 0 Å². The van der Waals surface area contributed by atoms with Crippen molar-refractivity contribution in [3.05, 3.63) is 67.8 Å². The van der Waals surface area contributed by atoms with Crippen molar-refractivity contribution in [3.63, 3.8) is 0 Å². The number of nitrogens with zero attached hydrogens (tertiary/aromatic N) is 2. The third-order valence-electron chi connectivity index (χ3n) is 3.48. The molecule has 0 aromatic heterocycles. The van der Waals surface area contributed by atoms with Gasteiger partial charge in [-0.1, -0.05) is 0 Å². The van der Waals surface area contributed by atoms with E-state index in [0.29, 0.717) is 0 Å². The molecule has 156 valence electrons. The zero-order chi connectivity index (χ0) is 22.4. The minimum Gasteiger partial charge on any atom is -0.258 e. The number of halogens is 6. The van der Waals surface area contributed by atoms with Crippen LogP contribution in [0.4, 0.5) is 37.7 Å². The summed E-state index contributed by atoms with van der Waals surface area (Å²) in [6.07, 6.45) is -10.4. The molecule has 8 nitrogen and oxygen atoms in total. The van der Waals surface area contributed by atoms with Crippen molar-refractivity contribution in [2.24, 2.45) is 0 Å². The molecule has 0 aliphatic heterocycles. The van der Waals surface area contributed by atoms with Crippen LogP contribution in [0.1, 0.15) is 11.1 Å². The molecule has 0 saturated heterocycles. The van der Waals surface area contributed by atoms with E-state index < -0.39 is 64.3 Å². The summed E-state index contributed by atoms with van der Waals surface area (Å²) in [6.45, 7) is 0. The summed E-state index contributed by atoms with van der Waals surface area (Å²) < 4.78 is 103. The smallest absolute Gasteiger partial charge is 0.258 e. The lowest BCUT2D eigenvalue weighted by molar-refractivity contribution is -0.385. The average molecular weight is 444 g/mol. The van der Waals surface area contributed by atoms with Gasteiger partial charge < -0.3 is 0 Å². The van der Waals surface area contributed by atoms with Crippen LogP contribution in [0.15, 0.2) is 46.2 Å². The van der Waals surface area contributed by atoms with E-state index >= 15 is 0 Å². The number of alkyl halides is 6. The van der Waals surface area contributed by atoms with Crippen LogP contribution in [-0.2, 0) is 22.2 Å². The minimum absolute atomic E-state index is 0.0194. The first-order valence-corrected chi connectivity index (χ1v) is 8.50. The van der Waals surface area contributed by atoms with Crippen molar-refractivity contribution in [2.45, 2.75) is 22.1 Å². The molecule has 0 spiro atoms. The summed E-state index contributed by atoms with van der Waals surface area (Å²) in [4.78, 5) is 16.3. The van der Waals surface area contributed by atoms with Crippen molar-refractivity contribution in [2.75, 3.05) is 0 Å². The lowest BCUT2D eigenvalue weighted by Crippen LogP contribution is -2.12. The Morgan fingerprint density at radius 3 is 1.21 bits per heavy atom. The lowest BCUT2D eigenvalue weighted by Gasteiger charge is -2.12. The molecule has 0 N–H and O–H groups in total. The van der Waals surface area contributed by atoms with Gasteiger partial charge in [0.05, 0.1) is 30.8 Å². The maximum absolute atomic E-state index is 12.9. The molecule has 0 fully saturated rings. The van der Waals surface area contributed by atoms with Crippen molar-refractivity contribution in [1.29, 1.82) is 0 Å². The maximum atomic E-state index is 12.9. The molecule has 0 aliphatic carbocycles. The molecular formula is C14H6F6N2O6S. The van der Waals surface area contributed by atoms with Gasteiger partial charge in [0.15, 0.2) is 0 Å². The van der Waals surface area contributed by atoms with E-state index in [4.69, 9.17) is 0 Å². The molecule has 2 aromatic rings. The van der Waals surface area contributed by atoms with Gasteiger partial charge in [0.2, 0.25) is 9.84 Å². The van der Waals surface area contributed by atoms with Crippen molar-refractivity contribution < 1.29 is 44.6 Å². The standard InChI is InChI=1S/C14H6F6N2O6S/c15-13(16,17)7-1-9(21(23)24)5-11(3-7)29(27,28)12-4-8(14(18,19)20)2-10(6-12)22(25)26/h1-6H. The fourth-order valence-corrected chi connectivity index (χ4v) is 3.54.